The summed E-state index contributed by atoms with van der Waals surface area (Å²) in [6.07, 6.45) is 1.59. The molecule has 8 heteroatoms. The molecule has 2 aromatic heterocycles. The number of thioether (sulfide) groups is 1. The zero-order chi connectivity index (χ0) is 19.3. The number of hydrogen-bond acceptors (Lipinski definition) is 7. The minimum absolute atomic E-state index is 0.101. The van der Waals surface area contributed by atoms with Crippen molar-refractivity contribution in [1.82, 2.24) is 20.0 Å². The normalized spacial score (nSPS) is 15.1. The number of carbonyl (C=O) groups excluding carboxylic acids is 1. The first-order valence-corrected chi connectivity index (χ1v) is 10.2. The minimum atomic E-state index is 0.101. The van der Waals surface area contributed by atoms with Gasteiger partial charge in [-0.3, -0.25) is 9.69 Å². The van der Waals surface area contributed by atoms with E-state index in [4.69, 9.17) is 8.83 Å². The predicted octanol–water partition coefficient (Wildman–Crippen LogP) is 3.07. The summed E-state index contributed by atoms with van der Waals surface area (Å²) in [4.78, 5) is 16.8. The first kappa shape index (κ1) is 18.8. The van der Waals surface area contributed by atoms with E-state index in [1.165, 1.54) is 17.3 Å². The molecule has 0 atom stereocenters. The summed E-state index contributed by atoms with van der Waals surface area (Å²) < 4.78 is 10.9. The molecule has 1 saturated heterocycles. The van der Waals surface area contributed by atoms with Gasteiger partial charge in [0.25, 0.3) is 11.1 Å². The van der Waals surface area contributed by atoms with Gasteiger partial charge in [-0.2, -0.15) is 0 Å². The molecule has 1 aliphatic heterocycles. The Kier molecular flexibility index (Phi) is 5.78. The second kappa shape index (κ2) is 8.62. The van der Waals surface area contributed by atoms with Crippen molar-refractivity contribution in [2.45, 2.75) is 18.7 Å². The summed E-state index contributed by atoms with van der Waals surface area (Å²) in [6, 6.07) is 12.2. The van der Waals surface area contributed by atoms with E-state index >= 15 is 0 Å². The van der Waals surface area contributed by atoms with Gasteiger partial charge in [-0.25, -0.2) is 0 Å². The van der Waals surface area contributed by atoms with E-state index in [2.05, 4.69) is 39.4 Å². The number of furan rings is 1. The number of amides is 1. The molecule has 146 valence electrons. The fraction of sp³-hybridized carbons (Fsp3) is 0.350. The average molecular weight is 398 g/mol. The second-order valence-electron chi connectivity index (χ2n) is 6.69. The molecular weight excluding hydrogens is 376 g/mol. The number of hydrogen-bond donors (Lipinski definition) is 0. The molecule has 0 aliphatic carbocycles. The Morgan fingerprint density at radius 1 is 1.11 bits per heavy atom. The minimum Gasteiger partial charge on any atom is -0.469 e. The Hall–Kier alpha value is -2.58. The number of benzene rings is 1. The van der Waals surface area contributed by atoms with Crippen molar-refractivity contribution in [3.63, 3.8) is 0 Å². The van der Waals surface area contributed by atoms with Gasteiger partial charge < -0.3 is 13.7 Å². The monoisotopic (exact) mass is 398 g/mol. The molecule has 0 bridgehead atoms. The van der Waals surface area contributed by atoms with E-state index < -0.39 is 0 Å². The summed E-state index contributed by atoms with van der Waals surface area (Å²) in [5.74, 6) is 1.54. The molecule has 1 aliphatic rings. The Labute approximate surface area is 167 Å². The van der Waals surface area contributed by atoms with Crippen LogP contribution in [-0.2, 0) is 11.3 Å². The van der Waals surface area contributed by atoms with Gasteiger partial charge in [0.1, 0.15) is 5.76 Å². The molecule has 7 nitrogen and oxygen atoms in total. The zero-order valence-electron chi connectivity index (χ0n) is 15.7. The molecule has 0 unspecified atom stereocenters. The number of nitrogens with zero attached hydrogens (tertiary/aromatic N) is 4. The van der Waals surface area contributed by atoms with Crippen LogP contribution in [0.5, 0.6) is 0 Å². The fourth-order valence-corrected chi connectivity index (χ4v) is 3.86. The number of piperazine rings is 1. The lowest BCUT2D eigenvalue weighted by Crippen LogP contribution is -2.48. The lowest BCUT2D eigenvalue weighted by Gasteiger charge is -2.34. The van der Waals surface area contributed by atoms with Crippen molar-refractivity contribution in [2.24, 2.45) is 0 Å². The quantitative estimate of drug-likeness (QED) is 0.591. The largest absolute Gasteiger partial charge is 0.469 e. The summed E-state index contributed by atoms with van der Waals surface area (Å²) in [6.45, 7) is 6.03. The first-order valence-electron chi connectivity index (χ1n) is 9.24. The van der Waals surface area contributed by atoms with Gasteiger partial charge in [-0.15, -0.1) is 10.2 Å². The van der Waals surface area contributed by atoms with Crippen LogP contribution in [0.25, 0.3) is 11.5 Å². The van der Waals surface area contributed by atoms with Crippen molar-refractivity contribution in [3.05, 3.63) is 54.0 Å². The fourth-order valence-electron chi connectivity index (χ4n) is 3.20. The van der Waals surface area contributed by atoms with Crippen molar-refractivity contribution < 1.29 is 13.6 Å². The Morgan fingerprint density at radius 2 is 1.89 bits per heavy atom. The predicted molar refractivity (Wildman–Crippen MR) is 106 cm³/mol. The van der Waals surface area contributed by atoms with Crippen LogP contribution in [0.3, 0.4) is 0 Å². The highest BCUT2D eigenvalue weighted by Crippen LogP contribution is 2.26. The van der Waals surface area contributed by atoms with Crippen LogP contribution in [0, 0.1) is 6.92 Å². The average Bonchev–Trinajstić information content (AvgIpc) is 3.36. The molecule has 3 heterocycles. The summed E-state index contributed by atoms with van der Waals surface area (Å²) in [5.41, 5.74) is 2.08. The zero-order valence-corrected chi connectivity index (χ0v) is 16.5. The van der Waals surface area contributed by atoms with Crippen LogP contribution in [0.1, 0.15) is 11.3 Å². The van der Waals surface area contributed by atoms with Gasteiger partial charge in [-0.05, 0) is 18.6 Å². The van der Waals surface area contributed by atoms with Crippen molar-refractivity contribution in [3.8, 4) is 11.5 Å². The van der Waals surface area contributed by atoms with Crippen molar-refractivity contribution in [1.29, 1.82) is 0 Å². The summed E-state index contributed by atoms with van der Waals surface area (Å²) in [7, 11) is 0. The van der Waals surface area contributed by atoms with Crippen LogP contribution in [0.4, 0.5) is 0 Å². The van der Waals surface area contributed by atoms with Crippen LogP contribution in [0.15, 0.2) is 56.7 Å². The van der Waals surface area contributed by atoms with Crippen LogP contribution in [0.2, 0.25) is 0 Å². The van der Waals surface area contributed by atoms with E-state index in [-0.39, 0.29) is 5.91 Å². The molecule has 1 aromatic carbocycles. The second-order valence-corrected chi connectivity index (χ2v) is 7.62. The van der Waals surface area contributed by atoms with E-state index in [0.29, 0.717) is 16.9 Å². The maximum absolute atomic E-state index is 12.5. The summed E-state index contributed by atoms with van der Waals surface area (Å²) >= 11 is 1.27. The molecule has 0 radical (unpaired) electrons. The SMILES string of the molecule is Cc1occc1-c1nnc(SCC(=O)N2CCN(Cc3ccccc3)CC2)o1. The number of carbonyl (C=O) groups is 1. The third kappa shape index (κ3) is 4.45. The van der Waals surface area contributed by atoms with E-state index in [9.17, 15) is 4.79 Å². The highest BCUT2D eigenvalue weighted by atomic mass is 32.2. The maximum Gasteiger partial charge on any atom is 0.277 e. The Bertz CT molecular complexity index is 916. The van der Waals surface area contributed by atoms with Crippen LogP contribution < -0.4 is 0 Å². The number of aryl methyl sites for hydroxylation is 1. The third-order valence-electron chi connectivity index (χ3n) is 4.79. The molecule has 1 fully saturated rings. The topological polar surface area (TPSA) is 75.6 Å². The lowest BCUT2D eigenvalue weighted by atomic mass is 10.2. The van der Waals surface area contributed by atoms with Gasteiger partial charge in [0, 0.05) is 32.7 Å². The third-order valence-corrected chi connectivity index (χ3v) is 5.59. The highest BCUT2D eigenvalue weighted by molar-refractivity contribution is 7.99. The van der Waals surface area contributed by atoms with Crippen LogP contribution >= 0.6 is 11.8 Å². The number of rotatable bonds is 6. The van der Waals surface area contributed by atoms with Gasteiger partial charge in [0.15, 0.2) is 0 Å². The van der Waals surface area contributed by atoms with Gasteiger partial charge in [0.05, 0.1) is 17.6 Å². The van der Waals surface area contributed by atoms with Gasteiger partial charge in [0.2, 0.25) is 5.91 Å². The van der Waals surface area contributed by atoms with E-state index in [1.54, 1.807) is 12.3 Å². The van der Waals surface area contributed by atoms with Crippen molar-refractivity contribution >= 4 is 17.7 Å². The maximum atomic E-state index is 12.5. The molecule has 4 rings (SSSR count). The smallest absolute Gasteiger partial charge is 0.277 e. The highest BCUT2D eigenvalue weighted by Gasteiger charge is 2.22. The molecule has 28 heavy (non-hydrogen) atoms. The first-order chi connectivity index (χ1) is 13.7. The molecule has 0 saturated carbocycles. The Balaban J connectivity index is 1.24. The molecular formula is C20H22N4O3S. The standard InChI is InChI=1S/C20H22N4O3S/c1-15-17(7-12-26-15)19-21-22-20(27-19)28-14-18(25)24-10-8-23(9-11-24)13-16-5-3-2-4-6-16/h2-7,12H,8-11,13-14H2,1H3. The van der Waals surface area contributed by atoms with E-state index in [1.807, 2.05) is 17.9 Å². The molecule has 1 amide bonds. The van der Waals surface area contributed by atoms with Crippen molar-refractivity contribution in [2.75, 3.05) is 31.9 Å². The molecule has 0 N–H and O–H groups in total. The van der Waals surface area contributed by atoms with Gasteiger partial charge >= 0.3 is 0 Å². The summed E-state index contributed by atoms with van der Waals surface area (Å²) in [5, 5.41) is 8.44. The van der Waals surface area contributed by atoms with E-state index in [0.717, 1.165) is 44.0 Å². The number of aromatic nitrogens is 2. The van der Waals surface area contributed by atoms with Gasteiger partial charge in [-0.1, -0.05) is 42.1 Å². The molecule has 0 spiro atoms. The van der Waals surface area contributed by atoms with Crippen LogP contribution in [-0.4, -0.2) is 57.8 Å². The lowest BCUT2D eigenvalue weighted by molar-refractivity contribution is -0.130. The molecule has 3 aromatic rings. The Morgan fingerprint density at radius 3 is 2.61 bits per heavy atom.